The lowest BCUT2D eigenvalue weighted by atomic mass is 9.71. The minimum absolute atomic E-state index is 0.0271. The Morgan fingerprint density at radius 2 is 2.15 bits per heavy atom. The highest BCUT2D eigenvalue weighted by molar-refractivity contribution is 7.09. The third-order valence-corrected chi connectivity index (χ3v) is 8.07. The van der Waals surface area contributed by atoms with Gasteiger partial charge in [0.1, 0.15) is 5.82 Å². The number of hydrogen-bond acceptors (Lipinski definition) is 5. The smallest absolute Gasteiger partial charge is 0.246 e. The molecule has 2 aromatic heterocycles. The Morgan fingerprint density at radius 3 is 2.88 bits per heavy atom. The van der Waals surface area contributed by atoms with Crippen molar-refractivity contribution in [3.05, 3.63) is 63.5 Å². The van der Waals surface area contributed by atoms with E-state index in [-0.39, 0.29) is 17.2 Å². The van der Waals surface area contributed by atoms with E-state index in [1.165, 1.54) is 10.5 Å². The van der Waals surface area contributed by atoms with Crippen molar-refractivity contribution < 1.29 is 9.59 Å². The van der Waals surface area contributed by atoms with Crippen LogP contribution in [0.4, 0.5) is 5.82 Å². The summed E-state index contributed by atoms with van der Waals surface area (Å²) in [5.41, 5.74) is 3.04. The molecular weight excluding hydrogens is 432 g/mol. The lowest BCUT2D eigenvalue weighted by molar-refractivity contribution is -0.128. The summed E-state index contributed by atoms with van der Waals surface area (Å²) >= 11 is 1.78. The number of rotatable bonds is 4. The van der Waals surface area contributed by atoms with E-state index >= 15 is 0 Å². The van der Waals surface area contributed by atoms with Crippen LogP contribution in [0.3, 0.4) is 0 Å². The van der Waals surface area contributed by atoms with Crippen LogP contribution in [-0.2, 0) is 22.4 Å². The second-order valence-corrected chi connectivity index (χ2v) is 10.5. The Balaban J connectivity index is 1.22. The Morgan fingerprint density at radius 1 is 1.30 bits per heavy atom. The molecule has 0 radical (unpaired) electrons. The zero-order valence-corrected chi connectivity index (χ0v) is 19.9. The Labute approximate surface area is 199 Å². The van der Waals surface area contributed by atoms with Crippen LogP contribution in [0.2, 0.25) is 0 Å². The van der Waals surface area contributed by atoms with Crippen LogP contribution < -0.4 is 5.32 Å². The van der Waals surface area contributed by atoms with Gasteiger partial charge in [0.25, 0.3) is 0 Å². The van der Waals surface area contributed by atoms with Crippen molar-refractivity contribution in [2.24, 2.45) is 5.41 Å². The molecule has 5 heterocycles. The molecule has 3 aliphatic rings. The van der Waals surface area contributed by atoms with Crippen molar-refractivity contribution >= 4 is 35.0 Å². The zero-order valence-electron chi connectivity index (χ0n) is 19.0. The number of fused-ring (bicyclic) bond motifs is 1. The van der Waals surface area contributed by atoms with Crippen LogP contribution in [0.15, 0.2) is 47.5 Å². The predicted molar refractivity (Wildman–Crippen MR) is 132 cm³/mol. The van der Waals surface area contributed by atoms with Gasteiger partial charge in [0.15, 0.2) is 0 Å². The molecule has 7 heteroatoms. The SMILES string of the molecule is CN1CCC2(CC1)Cc1cc(/C=C/C(=O)N3CC=C(Cc4cccs4)CC3)cnc1NC2=O. The van der Waals surface area contributed by atoms with Gasteiger partial charge in [-0.05, 0) is 80.5 Å². The fourth-order valence-electron chi connectivity index (χ4n) is 4.98. The lowest BCUT2D eigenvalue weighted by Gasteiger charge is -2.42. The van der Waals surface area contributed by atoms with Crippen molar-refractivity contribution in [1.29, 1.82) is 0 Å². The molecule has 0 aromatic carbocycles. The molecule has 5 rings (SSSR count). The van der Waals surface area contributed by atoms with Gasteiger partial charge < -0.3 is 15.1 Å². The van der Waals surface area contributed by atoms with E-state index in [4.69, 9.17) is 0 Å². The van der Waals surface area contributed by atoms with Gasteiger partial charge in [-0.3, -0.25) is 9.59 Å². The number of nitrogens with zero attached hydrogens (tertiary/aromatic N) is 3. The highest BCUT2D eigenvalue weighted by Gasteiger charge is 2.44. The molecule has 0 bridgehead atoms. The molecule has 0 atom stereocenters. The van der Waals surface area contributed by atoms with Gasteiger partial charge in [-0.15, -0.1) is 11.3 Å². The molecule has 172 valence electrons. The average Bonchev–Trinajstić information content (AvgIpc) is 3.34. The van der Waals surface area contributed by atoms with E-state index in [2.05, 4.69) is 51.9 Å². The van der Waals surface area contributed by atoms with Gasteiger partial charge >= 0.3 is 0 Å². The predicted octanol–water partition coefficient (Wildman–Crippen LogP) is 3.76. The number of anilines is 1. The first-order valence-corrected chi connectivity index (χ1v) is 12.5. The Kier molecular flexibility index (Phi) is 6.17. The summed E-state index contributed by atoms with van der Waals surface area (Å²) in [6, 6.07) is 6.32. The normalized spacial score (nSPS) is 20.6. The molecular formula is C26H30N4O2S. The maximum Gasteiger partial charge on any atom is 0.246 e. The number of hydrogen-bond donors (Lipinski definition) is 1. The van der Waals surface area contributed by atoms with E-state index in [9.17, 15) is 9.59 Å². The van der Waals surface area contributed by atoms with E-state index in [0.29, 0.717) is 18.8 Å². The van der Waals surface area contributed by atoms with Crippen LogP contribution in [0.25, 0.3) is 6.08 Å². The van der Waals surface area contributed by atoms with Crippen molar-refractivity contribution in [3.8, 4) is 0 Å². The monoisotopic (exact) mass is 462 g/mol. The molecule has 1 N–H and O–H groups in total. The zero-order chi connectivity index (χ0) is 22.8. The van der Waals surface area contributed by atoms with Gasteiger partial charge in [0.05, 0.1) is 5.41 Å². The number of pyridine rings is 1. The van der Waals surface area contributed by atoms with Gasteiger partial charge in [-0.1, -0.05) is 17.7 Å². The van der Waals surface area contributed by atoms with Gasteiger partial charge in [-0.2, -0.15) is 0 Å². The summed E-state index contributed by atoms with van der Waals surface area (Å²) in [6.45, 7) is 3.29. The van der Waals surface area contributed by atoms with Crippen LogP contribution >= 0.6 is 11.3 Å². The molecule has 1 saturated heterocycles. The average molecular weight is 463 g/mol. The number of thiophene rings is 1. The molecule has 3 aliphatic heterocycles. The minimum atomic E-state index is -0.333. The van der Waals surface area contributed by atoms with Gasteiger partial charge in [0.2, 0.25) is 11.8 Å². The van der Waals surface area contributed by atoms with Crippen LogP contribution in [0, 0.1) is 5.41 Å². The molecule has 0 saturated carbocycles. The van der Waals surface area contributed by atoms with Crippen molar-refractivity contribution in [1.82, 2.24) is 14.8 Å². The molecule has 1 fully saturated rings. The van der Waals surface area contributed by atoms with E-state index in [1.54, 1.807) is 23.6 Å². The van der Waals surface area contributed by atoms with Crippen molar-refractivity contribution in [2.45, 2.75) is 32.1 Å². The maximum absolute atomic E-state index is 12.8. The third-order valence-electron chi connectivity index (χ3n) is 7.19. The summed E-state index contributed by atoms with van der Waals surface area (Å²) in [4.78, 5) is 35.5. The number of carbonyl (C=O) groups is 2. The van der Waals surface area contributed by atoms with Crippen molar-refractivity contribution in [2.75, 3.05) is 38.5 Å². The van der Waals surface area contributed by atoms with Crippen LogP contribution in [0.1, 0.15) is 35.3 Å². The first-order valence-electron chi connectivity index (χ1n) is 11.7. The number of aromatic nitrogens is 1. The topological polar surface area (TPSA) is 65.5 Å². The minimum Gasteiger partial charge on any atom is -0.335 e. The van der Waals surface area contributed by atoms with Gasteiger partial charge in [-0.25, -0.2) is 4.98 Å². The Bertz CT molecular complexity index is 1100. The number of amides is 2. The highest BCUT2D eigenvalue weighted by Crippen LogP contribution is 2.40. The molecule has 2 amide bonds. The highest BCUT2D eigenvalue weighted by atomic mass is 32.1. The largest absolute Gasteiger partial charge is 0.335 e. The standard InChI is InChI=1S/C26H30N4O2S/c1-29-12-8-26(9-13-29)17-21-15-20(18-27-24(21)28-25(26)32)4-5-23(31)30-10-6-19(7-11-30)16-22-3-2-14-33-22/h2-6,14-15,18H,7-13,16-17H2,1H3,(H,27,28,32)/b5-4+. The van der Waals surface area contributed by atoms with Crippen LogP contribution in [0.5, 0.6) is 0 Å². The summed E-state index contributed by atoms with van der Waals surface area (Å²) in [6.07, 6.45) is 11.8. The molecule has 2 aromatic rings. The molecule has 33 heavy (non-hydrogen) atoms. The third kappa shape index (κ3) is 4.80. The number of piperidine rings is 1. The number of nitrogens with one attached hydrogen (secondary N) is 1. The quantitative estimate of drug-likeness (QED) is 0.555. The van der Waals surface area contributed by atoms with Gasteiger partial charge in [0, 0.05) is 36.7 Å². The van der Waals surface area contributed by atoms with Crippen LogP contribution in [-0.4, -0.2) is 59.8 Å². The first-order chi connectivity index (χ1) is 16.0. The second-order valence-electron chi connectivity index (χ2n) is 9.48. The summed E-state index contributed by atoms with van der Waals surface area (Å²) in [5.74, 6) is 0.789. The maximum atomic E-state index is 12.8. The second kappa shape index (κ2) is 9.23. The van der Waals surface area contributed by atoms with E-state index in [0.717, 1.165) is 56.4 Å². The van der Waals surface area contributed by atoms with E-state index < -0.39 is 0 Å². The van der Waals surface area contributed by atoms with Crippen molar-refractivity contribution in [3.63, 3.8) is 0 Å². The first kappa shape index (κ1) is 22.0. The lowest BCUT2D eigenvalue weighted by Crippen LogP contribution is -2.49. The molecule has 0 aliphatic carbocycles. The molecule has 1 spiro atoms. The summed E-state index contributed by atoms with van der Waals surface area (Å²) in [7, 11) is 2.10. The Hall–Kier alpha value is -2.77. The fraction of sp³-hybridized carbons (Fsp3) is 0.423. The summed E-state index contributed by atoms with van der Waals surface area (Å²) in [5, 5.41) is 5.13. The number of carbonyl (C=O) groups excluding carboxylic acids is 2. The molecule has 0 unspecified atom stereocenters. The van der Waals surface area contributed by atoms with E-state index in [1.807, 2.05) is 11.0 Å². The molecule has 6 nitrogen and oxygen atoms in total. The summed E-state index contributed by atoms with van der Waals surface area (Å²) < 4.78 is 0. The fourth-order valence-corrected chi connectivity index (χ4v) is 5.74. The number of likely N-dealkylation sites (tertiary alicyclic amines) is 1.